The Labute approximate surface area is 116 Å². The molecular weight excluding hydrogens is 262 g/mol. The summed E-state index contributed by atoms with van der Waals surface area (Å²) >= 11 is 0. The second-order valence-electron chi connectivity index (χ2n) is 5.82. The van der Waals surface area contributed by atoms with Gasteiger partial charge in [-0.1, -0.05) is 13.8 Å². The van der Waals surface area contributed by atoms with Crippen LogP contribution in [0.4, 0.5) is 11.5 Å². The average molecular weight is 279 g/mol. The number of carbonyl (C=O) groups is 1. The van der Waals surface area contributed by atoms with Crippen molar-refractivity contribution in [3.63, 3.8) is 0 Å². The molecule has 0 saturated carbocycles. The fourth-order valence-corrected chi connectivity index (χ4v) is 2.56. The molecule has 0 aromatic carbocycles. The smallest absolute Gasteiger partial charge is 0.339 e. The van der Waals surface area contributed by atoms with Gasteiger partial charge in [-0.05, 0) is 18.3 Å². The molecule has 7 nitrogen and oxygen atoms in total. The van der Waals surface area contributed by atoms with Gasteiger partial charge in [-0.3, -0.25) is 10.1 Å². The second kappa shape index (κ2) is 5.07. The summed E-state index contributed by atoms with van der Waals surface area (Å²) in [6.07, 6.45) is 3.13. The third-order valence-corrected chi connectivity index (χ3v) is 3.49. The van der Waals surface area contributed by atoms with Crippen LogP contribution in [0.2, 0.25) is 0 Å². The lowest BCUT2D eigenvalue weighted by atomic mass is 9.84. The number of pyridine rings is 1. The van der Waals surface area contributed by atoms with Gasteiger partial charge in [0.2, 0.25) is 0 Å². The summed E-state index contributed by atoms with van der Waals surface area (Å²) in [5, 5.41) is 20.0. The molecule has 1 N–H and O–H groups in total. The first-order chi connectivity index (χ1) is 9.30. The minimum absolute atomic E-state index is 0.0808. The molecule has 1 saturated heterocycles. The number of carboxylic acid groups (broad SMARTS) is 1. The second-order valence-corrected chi connectivity index (χ2v) is 5.82. The Bertz CT molecular complexity index is 557. The fraction of sp³-hybridized carbons (Fsp3) is 0.538. The number of nitrogens with zero attached hydrogens (tertiary/aromatic N) is 3. The van der Waals surface area contributed by atoms with E-state index in [1.54, 1.807) is 0 Å². The first kappa shape index (κ1) is 14.2. The first-order valence-electron chi connectivity index (χ1n) is 6.43. The van der Waals surface area contributed by atoms with E-state index in [1.165, 1.54) is 0 Å². The van der Waals surface area contributed by atoms with Crippen molar-refractivity contribution >= 4 is 17.5 Å². The van der Waals surface area contributed by atoms with Gasteiger partial charge in [-0.2, -0.15) is 0 Å². The highest BCUT2D eigenvalue weighted by atomic mass is 16.6. The number of piperidine rings is 1. The van der Waals surface area contributed by atoms with Crippen LogP contribution in [-0.2, 0) is 0 Å². The zero-order valence-corrected chi connectivity index (χ0v) is 11.5. The van der Waals surface area contributed by atoms with Crippen LogP contribution in [0.1, 0.15) is 37.0 Å². The number of hydrogen-bond acceptors (Lipinski definition) is 5. The fourth-order valence-electron chi connectivity index (χ4n) is 2.56. The highest BCUT2D eigenvalue weighted by Gasteiger charge is 2.30. The highest BCUT2D eigenvalue weighted by molar-refractivity contribution is 5.94. The van der Waals surface area contributed by atoms with Crippen molar-refractivity contribution in [1.29, 1.82) is 0 Å². The average Bonchev–Trinajstić information content (AvgIpc) is 2.36. The van der Waals surface area contributed by atoms with Gasteiger partial charge < -0.3 is 10.0 Å². The lowest BCUT2D eigenvalue weighted by Gasteiger charge is -2.39. The van der Waals surface area contributed by atoms with Crippen LogP contribution in [-0.4, -0.2) is 34.1 Å². The molecule has 0 unspecified atom stereocenters. The van der Waals surface area contributed by atoms with Crippen LogP contribution in [0.15, 0.2) is 12.3 Å². The summed E-state index contributed by atoms with van der Waals surface area (Å²) < 4.78 is 0. The van der Waals surface area contributed by atoms with Crippen LogP contribution in [0.25, 0.3) is 0 Å². The summed E-state index contributed by atoms with van der Waals surface area (Å²) in [7, 11) is 0. The van der Waals surface area contributed by atoms with Crippen molar-refractivity contribution in [2.24, 2.45) is 5.41 Å². The molecule has 1 aliphatic rings. The number of rotatable bonds is 3. The minimum atomic E-state index is -1.19. The standard InChI is InChI=1S/C13H17N3O4/c1-13(2)4-3-5-15(8-13)11-10(12(17)18)6-9(7-14-11)16(19)20/h6-7H,3-5,8H2,1-2H3,(H,17,18). The number of aromatic carboxylic acids is 1. The molecule has 7 heteroatoms. The molecule has 1 fully saturated rings. The molecule has 0 bridgehead atoms. The van der Waals surface area contributed by atoms with Crippen molar-refractivity contribution in [3.05, 3.63) is 27.9 Å². The zero-order valence-electron chi connectivity index (χ0n) is 11.5. The van der Waals surface area contributed by atoms with Gasteiger partial charge >= 0.3 is 5.97 Å². The molecule has 0 aliphatic carbocycles. The van der Waals surface area contributed by atoms with Crippen LogP contribution in [0, 0.1) is 15.5 Å². The Kier molecular flexibility index (Phi) is 3.61. The van der Waals surface area contributed by atoms with Crippen LogP contribution < -0.4 is 4.90 Å². The molecule has 1 aliphatic heterocycles. The third kappa shape index (κ3) is 2.87. The molecule has 0 atom stereocenters. The third-order valence-electron chi connectivity index (χ3n) is 3.49. The van der Waals surface area contributed by atoms with E-state index in [1.807, 2.05) is 4.90 Å². The lowest BCUT2D eigenvalue weighted by molar-refractivity contribution is -0.385. The Hall–Kier alpha value is -2.18. The number of hydrogen-bond donors (Lipinski definition) is 1. The molecule has 0 radical (unpaired) electrons. The van der Waals surface area contributed by atoms with Gasteiger partial charge in [0.05, 0.1) is 4.92 Å². The van der Waals surface area contributed by atoms with E-state index in [9.17, 15) is 20.0 Å². The van der Waals surface area contributed by atoms with E-state index in [-0.39, 0.29) is 16.7 Å². The maximum Gasteiger partial charge on any atom is 0.339 e. The van der Waals surface area contributed by atoms with Crippen molar-refractivity contribution in [2.45, 2.75) is 26.7 Å². The molecule has 2 heterocycles. The largest absolute Gasteiger partial charge is 0.478 e. The quantitative estimate of drug-likeness (QED) is 0.673. The van der Waals surface area contributed by atoms with Crippen LogP contribution in [0.3, 0.4) is 0 Å². The highest BCUT2D eigenvalue weighted by Crippen LogP contribution is 2.32. The number of carboxylic acids is 1. The minimum Gasteiger partial charge on any atom is -0.478 e. The van der Waals surface area contributed by atoms with Gasteiger partial charge in [-0.25, -0.2) is 9.78 Å². The molecule has 20 heavy (non-hydrogen) atoms. The maximum atomic E-state index is 11.3. The predicted octanol–water partition coefficient (Wildman–Crippen LogP) is 2.31. The van der Waals surface area contributed by atoms with Crippen molar-refractivity contribution in [3.8, 4) is 0 Å². The maximum absolute atomic E-state index is 11.3. The van der Waals surface area contributed by atoms with Crippen molar-refractivity contribution < 1.29 is 14.8 Å². The van der Waals surface area contributed by atoms with E-state index >= 15 is 0 Å². The zero-order chi connectivity index (χ0) is 14.9. The number of anilines is 1. The molecule has 108 valence electrons. The van der Waals surface area contributed by atoms with E-state index in [4.69, 9.17) is 0 Å². The predicted molar refractivity (Wildman–Crippen MR) is 73.1 cm³/mol. The summed E-state index contributed by atoms with van der Waals surface area (Å²) in [6, 6.07) is 1.08. The van der Waals surface area contributed by atoms with E-state index in [0.29, 0.717) is 18.9 Å². The van der Waals surface area contributed by atoms with Gasteiger partial charge in [0.1, 0.15) is 17.6 Å². The Morgan fingerprint density at radius 3 is 2.80 bits per heavy atom. The summed E-state index contributed by atoms with van der Waals surface area (Å²) in [5.74, 6) is -0.879. The Morgan fingerprint density at radius 1 is 1.55 bits per heavy atom. The monoisotopic (exact) mass is 279 g/mol. The normalized spacial score (nSPS) is 17.8. The molecule has 1 aromatic rings. The SMILES string of the molecule is CC1(C)CCCN(c2ncc([N+](=O)[O-])cc2C(=O)O)C1. The van der Waals surface area contributed by atoms with E-state index in [0.717, 1.165) is 25.1 Å². The van der Waals surface area contributed by atoms with Crippen LogP contribution in [0.5, 0.6) is 0 Å². The van der Waals surface area contributed by atoms with Crippen molar-refractivity contribution in [1.82, 2.24) is 4.98 Å². The number of aromatic nitrogens is 1. The molecule has 2 rings (SSSR count). The molecule has 0 amide bonds. The lowest BCUT2D eigenvalue weighted by Crippen LogP contribution is -2.41. The van der Waals surface area contributed by atoms with Crippen LogP contribution >= 0.6 is 0 Å². The Balaban J connectivity index is 2.40. The summed E-state index contributed by atoms with van der Waals surface area (Å²) in [5.41, 5.74) is -0.336. The van der Waals surface area contributed by atoms with E-state index in [2.05, 4.69) is 18.8 Å². The van der Waals surface area contributed by atoms with Gasteiger partial charge in [-0.15, -0.1) is 0 Å². The van der Waals surface area contributed by atoms with Crippen molar-refractivity contribution in [2.75, 3.05) is 18.0 Å². The van der Waals surface area contributed by atoms with E-state index < -0.39 is 10.9 Å². The van der Waals surface area contributed by atoms with Gasteiger partial charge in [0.25, 0.3) is 5.69 Å². The molecular formula is C13H17N3O4. The number of nitro groups is 1. The summed E-state index contributed by atoms with van der Waals surface area (Å²) in [4.78, 5) is 27.3. The molecule has 1 aromatic heterocycles. The topological polar surface area (TPSA) is 96.6 Å². The summed E-state index contributed by atoms with van der Waals surface area (Å²) in [6.45, 7) is 5.64. The van der Waals surface area contributed by atoms with Gasteiger partial charge in [0, 0.05) is 19.2 Å². The Morgan fingerprint density at radius 2 is 2.25 bits per heavy atom. The van der Waals surface area contributed by atoms with Gasteiger partial charge in [0.15, 0.2) is 0 Å². The first-order valence-corrected chi connectivity index (χ1v) is 6.43. The molecule has 0 spiro atoms.